The number of hydrogen-bond acceptors (Lipinski definition) is 4. The van der Waals surface area contributed by atoms with E-state index in [1.54, 1.807) is 17.4 Å². The smallest absolute Gasteiger partial charge is 0.256 e. The maximum Gasteiger partial charge on any atom is 0.256 e. The second kappa shape index (κ2) is 8.01. The Bertz CT molecular complexity index is 1310. The first kappa shape index (κ1) is 19.5. The molecule has 1 aliphatic heterocycles. The van der Waals surface area contributed by atoms with Crippen molar-refractivity contribution in [2.24, 2.45) is 0 Å². The van der Waals surface area contributed by atoms with Crippen LogP contribution < -0.4 is 0 Å². The summed E-state index contributed by atoms with van der Waals surface area (Å²) in [6.07, 6.45) is 3.45. The highest BCUT2D eigenvalue weighted by atomic mass is 32.1. The molecule has 0 saturated carbocycles. The van der Waals surface area contributed by atoms with Gasteiger partial charge in [0.15, 0.2) is 0 Å². The van der Waals surface area contributed by atoms with Gasteiger partial charge in [-0.15, -0.1) is 11.3 Å². The maximum atomic E-state index is 13.8. The number of carbonyl (C=O) groups excluding carboxylic acids is 1. The number of nitriles is 1. The average molecular weight is 427 g/mol. The van der Waals surface area contributed by atoms with Gasteiger partial charge in [0.05, 0.1) is 11.6 Å². The number of fused-ring (bicyclic) bond motifs is 2. The van der Waals surface area contributed by atoms with Gasteiger partial charge >= 0.3 is 0 Å². The van der Waals surface area contributed by atoms with Crippen LogP contribution in [-0.2, 0) is 19.4 Å². The Hall–Kier alpha value is -3.43. The van der Waals surface area contributed by atoms with Crippen LogP contribution in [0.3, 0.4) is 0 Å². The van der Waals surface area contributed by atoms with E-state index in [4.69, 9.17) is 0 Å². The van der Waals surface area contributed by atoms with Crippen LogP contribution in [0.25, 0.3) is 10.9 Å². The summed E-state index contributed by atoms with van der Waals surface area (Å²) in [6.45, 7) is 3.59. The molecule has 5 rings (SSSR count). The Labute approximate surface area is 185 Å². The number of aryl methyl sites for hydroxylation is 1. The van der Waals surface area contributed by atoms with Gasteiger partial charge in [0.25, 0.3) is 5.91 Å². The van der Waals surface area contributed by atoms with Crippen molar-refractivity contribution in [2.75, 3.05) is 6.54 Å². The van der Waals surface area contributed by atoms with E-state index < -0.39 is 0 Å². The fourth-order valence-corrected chi connectivity index (χ4v) is 5.59. The van der Waals surface area contributed by atoms with E-state index in [1.165, 1.54) is 10.4 Å². The molecule has 1 unspecified atom stereocenters. The lowest BCUT2D eigenvalue weighted by Crippen LogP contribution is -2.40. The molecule has 154 valence electrons. The third kappa shape index (κ3) is 3.41. The average Bonchev–Trinajstić information content (AvgIpc) is 3.44. The molecule has 3 aromatic heterocycles. The SMILES string of the molecule is CCn1cc(C(=O)N2CCc3ccsc3C2Cc2cccc(C#N)n2)c2ccccc21. The molecule has 0 fully saturated rings. The van der Waals surface area contributed by atoms with Gasteiger partial charge in [-0.1, -0.05) is 24.3 Å². The van der Waals surface area contributed by atoms with Crippen molar-refractivity contribution >= 4 is 28.1 Å². The fourth-order valence-electron chi connectivity index (χ4n) is 4.52. The van der Waals surface area contributed by atoms with Gasteiger partial charge < -0.3 is 9.47 Å². The lowest BCUT2D eigenvalue weighted by molar-refractivity contribution is 0.0665. The topological polar surface area (TPSA) is 61.9 Å². The second-order valence-electron chi connectivity index (χ2n) is 7.75. The monoisotopic (exact) mass is 426 g/mol. The zero-order valence-electron chi connectivity index (χ0n) is 17.3. The number of carbonyl (C=O) groups is 1. The van der Waals surface area contributed by atoms with Crippen LogP contribution in [0.5, 0.6) is 0 Å². The highest BCUT2D eigenvalue weighted by Crippen LogP contribution is 2.37. The summed E-state index contributed by atoms with van der Waals surface area (Å²) in [4.78, 5) is 21.5. The van der Waals surface area contributed by atoms with Crippen molar-refractivity contribution in [3.63, 3.8) is 0 Å². The zero-order chi connectivity index (χ0) is 21.4. The predicted octanol–water partition coefficient (Wildman–Crippen LogP) is 4.97. The molecule has 5 nitrogen and oxygen atoms in total. The van der Waals surface area contributed by atoms with E-state index >= 15 is 0 Å². The third-order valence-corrected chi connectivity index (χ3v) is 7.09. The normalized spacial score (nSPS) is 15.6. The van der Waals surface area contributed by atoms with Crippen LogP contribution in [0.1, 0.15) is 45.2 Å². The van der Waals surface area contributed by atoms with Gasteiger partial charge in [-0.25, -0.2) is 4.98 Å². The minimum atomic E-state index is -0.0820. The van der Waals surface area contributed by atoms with Crippen molar-refractivity contribution in [2.45, 2.75) is 32.4 Å². The molecule has 31 heavy (non-hydrogen) atoms. The first-order valence-electron chi connectivity index (χ1n) is 10.5. The van der Waals surface area contributed by atoms with E-state index in [9.17, 15) is 10.1 Å². The van der Waals surface area contributed by atoms with Crippen LogP contribution >= 0.6 is 11.3 Å². The first-order chi connectivity index (χ1) is 15.2. The van der Waals surface area contributed by atoms with Crippen molar-refractivity contribution in [3.8, 4) is 6.07 Å². The lowest BCUT2D eigenvalue weighted by atomic mass is 9.96. The van der Waals surface area contributed by atoms with Gasteiger partial charge in [0.2, 0.25) is 0 Å². The van der Waals surface area contributed by atoms with Crippen molar-refractivity contribution in [1.82, 2.24) is 14.5 Å². The van der Waals surface area contributed by atoms with Crippen molar-refractivity contribution in [3.05, 3.63) is 87.5 Å². The summed E-state index contributed by atoms with van der Waals surface area (Å²) in [6, 6.07) is 17.8. The number of aromatic nitrogens is 2. The Kier molecular flexibility index (Phi) is 5.05. The van der Waals surface area contributed by atoms with Crippen LogP contribution in [0.15, 0.2) is 60.1 Å². The van der Waals surface area contributed by atoms with Crippen LogP contribution in [-0.4, -0.2) is 26.9 Å². The van der Waals surface area contributed by atoms with Gasteiger partial charge in [-0.2, -0.15) is 5.26 Å². The van der Waals surface area contributed by atoms with E-state index in [1.807, 2.05) is 41.4 Å². The molecule has 4 aromatic rings. The first-order valence-corrected chi connectivity index (χ1v) is 11.4. The summed E-state index contributed by atoms with van der Waals surface area (Å²) in [5.74, 6) is 0.0592. The van der Waals surface area contributed by atoms with Crippen LogP contribution in [0.2, 0.25) is 0 Å². The largest absolute Gasteiger partial charge is 0.347 e. The molecule has 0 bridgehead atoms. The molecule has 0 N–H and O–H groups in total. The number of benzene rings is 1. The van der Waals surface area contributed by atoms with Gasteiger partial charge in [-0.3, -0.25) is 4.79 Å². The molecule has 0 saturated heterocycles. The van der Waals surface area contributed by atoms with E-state index in [2.05, 4.69) is 40.1 Å². The van der Waals surface area contributed by atoms with E-state index in [-0.39, 0.29) is 11.9 Å². The highest BCUT2D eigenvalue weighted by molar-refractivity contribution is 7.10. The lowest BCUT2D eigenvalue weighted by Gasteiger charge is -2.35. The quantitative estimate of drug-likeness (QED) is 0.463. The Morgan fingerprint density at radius 1 is 1.23 bits per heavy atom. The fraction of sp³-hybridized carbons (Fsp3) is 0.240. The summed E-state index contributed by atoms with van der Waals surface area (Å²) < 4.78 is 2.13. The minimum absolute atomic E-state index is 0.0592. The predicted molar refractivity (Wildman–Crippen MR) is 122 cm³/mol. The molecule has 0 radical (unpaired) electrons. The van der Waals surface area contributed by atoms with Crippen LogP contribution in [0, 0.1) is 11.3 Å². The number of hydrogen-bond donors (Lipinski definition) is 0. The number of rotatable bonds is 4. The zero-order valence-corrected chi connectivity index (χ0v) is 18.1. The standard InChI is InChI=1S/C25H22N4OS/c1-2-28-16-21(20-8-3-4-9-22(20)28)25(30)29-12-10-17-11-13-31-24(17)23(29)14-18-6-5-7-19(15-26)27-18/h3-9,11,13,16,23H,2,10,12,14H2,1H3. The summed E-state index contributed by atoms with van der Waals surface area (Å²) in [5, 5.41) is 12.3. The van der Waals surface area contributed by atoms with Crippen molar-refractivity contribution < 1.29 is 4.79 Å². The maximum absolute atomic E-state index is 13.8. The molecule has 0 spiro atoms. The minimum Gasteiger partial charge on any atom is -0.347 e. The molecule has 1 aliphatic rings. The molecular weight excluding hydrogens is 404 g/mol. The summed E-state index contributed by atoms with van der Waals surface area (Å²) in [5.41, 5.74) is 4.39. The molecule has 0 aliphatic carbocycles. The van der Waals surface area contributed by atoms with E-state index in [0.717, 1.165) is 35.1 Å². The second-order valence-corrected chi connectivity index (χ2v) is 8.70. The van der Waals surface area contributed by atoms with E-state index in [0.29, 0.717) is 18.7 Å². The number of para-hydroxylation sites is 1. The molecule has 1 aromatic carbocycles. The Morgan fingerprint density at radius 2 is 2.10 bits per heavy atom. The number of nitrogens with zero attached hydrogens (tertiary/aromatic N) is 4. The molecule has 1 amide bonds. The summed E-state index contributed by atoms with van der Waals surface area (Å²) in [7, 11) is 0. The Morgan fingerprint density at radius 3 is 2.94 bits per heavy atom. The third-order valence-electron chi connectivity index (χ3n) is 6.03. The molecule has 4 heterocycles. The number of thiophene rings is 1. The van der Waals surface area contributed by atoms with Crippen molar-refractivity contribution in [1.29, 1.82) is 5.26 Å². The molecule has 6 heteroatoms. The summed E-state index contributed by atoms with van der Waals surface area (Å²) >= 11 is 1.70. The van der Waals surface area contributed by atoms with Crippen LogP contribution in [0.4, 0.5) is 0 Å². The molecular formula is C25H22N4OS. The highest BCUT2D eigenvalue weighted by Gasteiger charge is 2.34. The Balaban J connectivity index is 1.56. The van der Waals surface area contributed by atoms with Gasteiger partial charge in [0, 0.05) is 47.2 Å². The number of pyridine rings is 1. The molecule has 1 atom stereocenters. The number of amides is 1. The van der Waals surface area contributed by atoms with Gasteiger partial charge in [0.1, 0.15) is 11.8 Å². The van der Waals surface area contributed by atoms with Gasteiger partial charge in [-0.05, 0) is 48.6 Å².